The Morgan fingerprint density at radius 3 is 2.45 bits per heavy atom. The lowest BCUT2D eigenvalue weighted by atomic mass is 10.0. The van der Waals surface area contributed by atoms with Crippen LogP contribution in [0.15, 0.2) is 24.3 Å². The summed E-state index contributed by atoms with van der Waals surface area (Å²) in [6.07, 6.45) is 0.684. The van der Waals surface area contributed by atoms with Gasteiger partial charge in [-0.25, -0.2) is 0 Å². The molecule has 5 heteroatoms. The van der Waals surface area contributed by atoms with Crippen molar-refractivity contribution in [1.29, 1.82) is 0 Å². The van der Waals surface area contributed by atoms with Crippen molar-refractivity contribution in [1.82, 2.24) is 4.90 Å². The Balaban J connectivity index is 2.09. The highest BCUT2D eigenvalue weighted by Crippen LogP contribution is 2.30. The Bertz CT molecular complexity index is 578. The van der Waals surface area contributed by atoms with Crippen molar-refractivity contribution in [3.8, 4) is 0 Å². The molecule has 1 aliphatic rings. The smallest absolute Gasteiger partial charge is 0.306 e. The fraction of sp³-hybridized carbons (Fsp3) is 0.529. The van der Waals surface area contributed by atoms with E-state index in [9.17, 15) is 9.59 Å². The molecule has 0 saturated heterocycles. The third-order valence-corrected chi connectivity index (χ3v) is 3.76. The van der Waals surface area contributed by atoms with Crippen LogP contribution < -0.4 is 4.90 Å². The van der Waals surface area contributed by atoms with Crippen LogP contribution in [-0.4, -0.2) is 42.6 Å². The number of hydrogen-bond acceptors (Lipinski definition) is 4. The molecule has 0 fully saturated rings. The maximum atomic E-state index is 12.4. The molecule has 0 spiro atoms. The highest BCUT2D eigenvalue weighted by molar-refractivity contribution is 6.01. The molecule has 0 aromatic heterocycles. The lowest BCUT2D eigenvalue weighted by Crippen LogP contribution is -2.52. The molecule has 0 bridgehead atoms. The Hall–Kier alpha value is -2.04. The number of carbonyl (C=O) groups is 2. The van der Waals surface area contributed by atoms with Crippen LogP contribution in [0.4, 0.5) is 5.69 Å². The van der Waals surface area contributed by atoms with Crippen molar-refractivity contribution in [3.63, 3.8) is 0 Å². The van der Waals surface area contributed by atoms with Crippen LogP contribution >= 0.6 is 0 Å². The second-order valence-electron chi connectivity index (χ2n) is 6.65. The van der Waals surface area contributed by atoms with Crippen LogP contribution in [0.5, 0.6) is 0 Å². The molecule has 0 radical (unpaired) electrons. The van der Waals surface area contributed by atoms with E-state index in [1.807, 2.05) is 57.0 Å². The molecule has 1 aliphatic heterocycles. The molecule has 1 amide bonds. The van der Waals surface area contributed by atoms with Crippen molar-refractivity contribution >= 4 is 17.6 Å². The fourth-order valence-electron chi connectivity index (χ4n) is 2.73. The standard InChI is InChI=1S/C17H24N2O3/c1-17(2,3)22-15(20)11-10-14-18(4)13-9-7-6-8-12(13)16(21)19(14)5/h6-9,14H,10-11H2,1-5H3. The van der Waals surface area contributed by atoms with Gasteiger partial charge in [0.1, 0.15) is 11.8 Å². The minimum atomic E-state index is -0.482. The molecule has 0 N–H and O–H groups in total. The van der Waals surface area contributed by atoms with Crippen LogP contribution in [0.1, 0.15) is 44.0 Å². The van der Waals surface area contributed by atoms with E-state index >= 15 is 0 Å². The van der Waals surface area contributed by atoms with E-state index < -0.39 is 5.60 Å². The van der Waals surface area contributed by atoms with E-state index in [4.69, 9.17) is 4.74 Å². The first kappa shape index (κ1) is 16.3. The van der Waals surface area contributed by atoms with Gasteiger partial charge >= 0.3 is 5.97 Å². The largest absolute Gasteiger partial charge is 0.460 e. The summed E-state index contributed by atoms with van der Waals surface area (Å²) in [7, 11) is 3.72. The number of esters is 1. The first-order valence-corrected chi connectivity index (χ1v) is 7.51. The van der Waals surface area contributed by atoms with Crippen LogP contribution in [-0.2, 0) is 9.53 Å². The number of amides is 1. The third kappa shape index (κ3) is 3.40. The third-order valence-electron chi connectivity index (χ3n) is 3.76. The van der Waals surface area contributed by atoms with E-state index in [0.29, 0.717) is 12.0 Å². The lowest BCUT2D eigenvalue weighted by Gasteiger charge is -2.42. The first-order chi connectivity index (χ1) is 10.2. The highest BCUT2D eigenvalue weighted by atomic mass is 16.6. The second-order valence-corrected chi connectivity index (χ2v) is 6.65. The van der Waals surface area contributed by atoms with E-state index in [1.165, 1.54) is 0 Å². The zero-order valence-corrected chi connectivity index (χ0v) is 13.9. The summed E-state index contributed by atoms with van der Waals surface area (Å²) in [5, 5.41) is 0. The predicted molar refractivity (Wildman–Crippen MR) is 85.8 cm³/mol. The molecule has 0 aliphatic carbocycles. The molecular weight excluding hydrogens is 280 g/mol. The average molecular weight is 304 g/mol. The van der Waals surface area contributed by atoms with Gasteiger partial charge < -0.3 is 14.5 Å². The summed E-state index contributed by atoms with van der Waals surface area (Å²) < 4.78 is 5.33. The van der Waals surface area contributed by atoms with E-state index in [2.05, 4.69) is 0 Å². The van der Waals surface area contributed by atoms with Gasteiger partial charge in [0.2, 0.25) is 0 Å². The van der Waals surface area contributed by atoms with E-state index in [0.717, 1.165) is 5.69 Å². The number of hydrogen-bond donors (Lipinski definition) is 0. The molecule has 22 heavy (non-hydrogen) atoms. The number of anilines is 1. The molecule has 1 aromatic carbocycles. The van der Waals surface area contributed by atoms with Crippen molar-refractivity contribution in [3.05, 3.63) is 29.8 Å². The van der Waals surface area contributed by atoms with Gasteiger partial charge in [-0.1, -0.05) is 12.1 Å². The van der Waals surface area contributed by atoms with Crippen molar-refractivity contribution in [2.45, 2.75) is 45.4 Å². The second kappa shape index (κ2) is 5.99. The molecule has 1 aromatic rings. The van der Waals surface area contributed by atoms with Gasteiger partial charge in [-0.05, 0) is 39.3 Å². The SMILES string of the molecule is CN1C(=O)c2ccccc2N(C)C1CCC(=O)OC(C)(C)C. The molecule has 5 nitrogen and oxygen atoms in total. The topological polar surface area (TPSA) is 49.9 Å². The zero-order valence-electron chi connectivity index (χ0n) is 13.9. The average Bonchev–Trinajstić information content (AvgIpc) is 2.43. The predicted octanol–water partition coefficient (Wildman–Crippen LogP) is 2.66. The molecule has 120 valence electrons. The van der Waals surface area contributed by atoms with E-state index in [-0.39, 0.29) is 24.5 Å². The van der Waals surface area contributed by atoms with Crippen LogP contribution in [0.3, 0.4) is 0 Å². The Morgan fingerprint density at radius 1 is 1.18 bits per heavy atom. The van der Waals surface area contributed by atoms with Gasteiger partial charge in [-0.15, -0.1) is 0 Å². The van der Waals surface area contributed by atoms with Gasteiger partial charge in [0.05, 0.1) is 11.3 Å². The number of fused-ring (bicyclic) bond motifs is 1. The minimum absolute atomic E-state index is 0.0112. The number of benzene rings is 1. The number of nitrogens with zero attached hydrogens (tertiary/aromatic N) is 2. The molecule has 1 unspecified atom stereocenters. The van der Waals surface area contributed by atoms with Crippen molar-refractivity contribution < 1.29 is 14.3 Å². The summed E-state index contributed by atoms with van der Waals surface area (Å²) in [4.78, 5) is 28.1. The summed E-state index contributed by atoms with van der Waals surface area (Å²) in [6.45, 7) is 5.55. The number of rotatable bonds is 3. The molecule has 0 saturated carbocycles. The summed E-state index contributed by atoms with van der Waals surface area (Å²) in [5.74, 6) is -0.247. The monoisotopic (exact) mass is 304 g/mol. The Labute approximate surface area is 131 Å². The van der Waals surface area contributed by atoms with Crippen LogP contribution in [0, 0.1) is 0 Å². The van der Waals surface area contributed by atoms with Gasteiger partial charge in [-0.2, -0.15) is 0 Å². The van der Waals surface area contributed by atoms with Crippen LogP contribution in [0.25, 0.3) is 0 Å². The Kier molecular flexibility index (Phi) is 4.44. The van der Waals surface area contributed by atoms with Crippen molar-refractivity contribution in [2.24, 2.45) is 0 Å². The highest BCUT2D eigenvalue weighted by Gasteiger charge is 2.33. The molecule has 2 rings (SSSR count). The Morgan fingerprint density at radius 2 is 1.82 bits per heavy atom. The quantitative estimate of drug-likeness (QED) is 0.806. The van der Waals surface area contributed by atoms with E-state index in [1.54, 1.807) is 11.9 Å². The van der Waals surface area contributed by atoms with Gasteiger partial charge in [0, 0.05) is 20.5 Å². The minimum Gasteiger partial charge on any atom is -0.460 e. The summed E-state index contributed by atoms with van der Waals surface area (Å²) in [5.41, 5.74) is 1.12. The summed E-state index contributed by atoms with van der Waals surface area (Å²) in [6, 6.07) is 7.54. The zero-order chi connectivity index (χ0) is 16.5. The number of ether oxygens (including phenoxy) is 1. The van der Waals surface area contributed by atoms with Gasteiger partial charge in [0.15, 0.2) is 0 Å². The molecular formula is C17H24N2O3. The number of para-hydroxylation sites is 1. The molecule has 1 heterocycles. The van der Waals surface area contributed by atoms with Crippen molar-refractivity contribution in [2.75, 3.05) is 19.0 Å². The number of carbonyl (C=O) groups excluding carboxylic acids is 2. The molecule has 1 atom stereocenters. The summed E-state index contributed by atoms with van der Waals surface area (Å²) >= 11 is 0. The maximum absolute atomic E-state index is 12.4. The van der Waals surface area contributed by atoms with Crippen LogP contribution in [0.2, 0.25) is 0 Å². The van der Waals surface area contributed by atoms with Gasteiger partial charge in [0.25, 0.3) is 5.91 Å². The van der Waals surface area contributed by atoms with Gasteiger partial charge in [-0.3, -0.25) is 9.59 Å². The maximum Gasteiger partial charge on any atom is 0.306 e. The lowest BCUT2D eigenvalue weighted by molar-refractivity contribution is -0.155. The normalized spacial score (nSPS) is 18.2. The first-order valence-electron chi connectivity index (χ1n) is 7.51. The fourth-order valence-corrected chi connectivity index (χ4v) is 2.73.